The highest BCUT2D eigenvalue weighted by molar-refractivity contribution is 5.93. The van der Waals surface area contributed by atoms with Gasteiger partial charge in [-0.05, 0) is 12.1 Å². The fourth-order valence-corrected chi connectivity index (χ4v) is 3.00. The van der Waals surface area contributed by atoms with E-state index in [9.17, 15) is 18.4 Å². The normalized spacial score (nSPS) is 18.2. The molecule has 11 heteroatoms. The van der Waals surface area contributed by atoms with Crippen LogP contribution in [0.2, 0.25) is 0 Å². The van der Waals surface area contributed by atoms with Gasteiger partial charge in [0.05, 0.1) is 31.9 Å². The van der Waals surface area contributed by atoms with E-state index in [0.29, 0.717) is 13.2 Å². The van der Waals surface area contributed by atoms with Gasteiger partial charge in [0.1, 0.15) is 5.69 Å². The SMILES string of the molecule is COCCNC(=O)c1cn(C[C@@H]2CC(F)(F)CN2C(=O)c2ccccn2)nn1. The maximum Gasteiger partial charge on any atom is 0.273 e. The van der Waals surface area contributed by atoms with Crippen molar-refractivity contribution in [1.29, 1.82) is 0 Å². The third-order valence-electron chi connectivity index (χ3n) is 4.28. The number of halogens is 2. The van der Waals surface area contributed by atoms with Gasteiger partial charge in [-0.3, -0.25) is 14.6 Å². The first-order valence-electron chi connectivity index (χ1n) is 8.67. The van der Waals surface area contributed by atoms with Crippen molar-refractivity contribution < 1.29 is 23.1 Å². The minimum Gasteiger partial charge on any atom is -0.383 e. The number of methoxy groups -OCH3 is 1. The summed E-state index contributed by atoms with van der Waals surface area (Å²) in [4.78, 5) is 29.6. The van der Waals surface area contributed by atoms with Crippen molar-refractivity contribution in [2.24, 2.45) is 0 Å². The lowest BCUT2D eigenvalue weighted by Gasteiger charge is -2.23. The van der Waals surface area contributed by atoms with Crippen LogP contribution in [0.3, 0.4) is 0 Å². The quantitative estimate of drug-likeness (QED) is 0.690. The number of ether oxygens (including phenoxy) is 1. The lowest BCUT2D eigenvalue weighted by molar-refractivity contribution is 0.0116. The topological polar surface area (TPSA) is 102 Å². The van der Waals surface area contributed by atoms with E-state index in [1.54, 1.807) is 12.1 Å². The van der Waals surface area contributed by atoms with Gasteiger partial charge < -0.3 is 15.0 Å². The average Bonchev–Trinajstić information content (AvgIpc) is 3.26. The number of nitrogens with zero attached hydrogens (tertiary/aromatic N) is 5. The van der Waals surface area contributed by atoms with E-state index < -0.39 is 36.7 Å². The van der Waals surface area contributed by atoms with Crippen molar-refractivity contribution in [3.8, 4) is 0 Å². The van der Waals surface area contributed by atoms with Gasteiger partial charge in [0, 0.05) is 26.3 Å². The monoisotopic (exact) mass is 394 g/mol. The van der Waals surface area contributed by atoms with Crippen molar-refractivity contribution in [2.75, 3.05) is 26.8 Å². The Morgan fingerprint density at radius 2 is 2.18 bits per heavy atom. The van der Waals surface area contributed by atoms with Crippen molar-refractivity contribution in [2.45, 2.75) is 24.9 Å². The first-order valence-corrected chi connectivity index (χ1v) is 8.67. The number of rotatable bonds is 7. The summed E-state index contributed by atoms with van der Waals surface area (Å²) in [5, 5.41) is 10.2. The number of carbonyl (C=O) groups excluding carboxylic acids is 2. The summed E-state index contributed by atoms with van der Waals surface area (Å²) in [6, 6.07) is 3.94. The Morgan fingerprint density at radius 3 is 2.89 bits per heavy atom. The van der Waals surface area contributed by atoms with Gasteiger partial charge in [-0.1, -0.05) is 11.3 Å². The molecule has 1 saturated heterocycles. The molecule has 2 amide bonds. The predicted molar refractivity (Wildman–Crippen MR) is 92.9 cm³/mol. The molecule has 3 heterocycles. The summed E-state index contributed by atoms with van der Waals surface area (Å²) in [6.45, 7) is -0.0380. The second-order valence-electron chi connectivity index (χ2n) is 6.44. The molecule has 2 aromatic heterocycles. The number of alkyl halides is 2. The Kier molecular flexibility index (Phi) is 5.93. The summed E-state index contributed by atoms with van der Waals surface area (Å²) < 4.78 is 34.1. The van der Waals surface area contributed by atoms with Crippen molar-refractivity contribution in [3.63, 3.8) is 0 Å². The highest BCUT2D eigenvalue weighted by atomic mass is 19.3. The summed E-state index contributed by atoms with van der Waals surface area (Å²) in [7, 11) is 1.51. The summed E-state index contributed by atoms with van der Waals surface area (Å²) >= 11 is 0. The molecule has 150 valence electrons. The Balaban J connectivity index is 1.69. The zero-order valence-corrected chi connectivity index (χ0v) is 15.2. The van der Waals surface area contributed by atoms with Crippen LogP contribution in [0.5, 0.6) is 0 Å². The van der Waals surface area contributed by atoms with E-state index in [-0.39, 0.29) is 17.9 Å². The van der Waals surface area contributed by atoms with Gasteiger partial charge in [0.25, 0.3) is 17.7 Å². The van der Waals surface area contributed by atoms with E-state index >= 15 is 0 Å². The third kappa shape index (κ3) is 4.66. The molecule has 0 saturated carbocycles. The number of likely N-dealkylation sites (tertiary alicyclic amines) is 1. The molecule has 0 bridgehead atoms. The van der Waals surface area contributed by atoms with Crippen molar-refractivity contribution >= 4 is 11.8 Å². The Morgan fingerprint density at radius 1 is 1.36 bits per heavy atom. The molecular weight excluding hydrogens is 374 g/mol. The molecule has 28 heavy (non-hydrogen) atoms. The van der Waals surface area contributed by atoms with E-state index in [2.05, 4.69) is 20.6 Å². The molecule has 9 nitrogen and oxygen atoms in total. The Bertz CT molecular complexity index is 829. The van der Waals surface area contributed by atoms with E-state index in [4.69, 9.17) is 4.74 Å². The largest absolute Gasteiger partial charge is 0.383 e. The van der Waals surface area contributed by atoms with Gasteiger partial charge in [-0.25, -0.2) is 13.5 Å². The number of aromatic nitrogens is 4. The van der Waals surface area contributed by atoms with Crippen LogP contribution in [0.1, 0.15) is 27.4 Å². The highest BCUT2D eigenvalue weighted by Crippen LogP contribution is 2.33. The van der Waals surface area contributed by atoms with Crippen LogP contribution in [0, 0.1) is 0 Å². The molecule has 0 spiro atoms. The van der Waals surface area contributed by atoms with E-state index in [1.165, 1.54) is 30.3 Å². The number of hydrogen-bond donors (Lipinski definition) is 1. The minimum absolute atomic E-state index is 0.00743. The predicted octanol–water partition coefficient (Wildman–Crippen LogP) is 0.599. The van der Waals surface area contributed by atoms with Crippen LogP contribution in [0.15, 0.2) is 30.6 Å². The molecular formula is C17H20F2N6O3. The third-order valence-corrected chi connectivity index (χ3v) is 4.28. The number of hydrogen-bond acceptors (Lipinski definition) is 6. The zero-order valence-electron chi connectivity index (χ0n) is 15.2. The van der Waals surface area contributed by atoms with Crippen molar-refractivity contribution in [3.05, 3.63) is 42.0 Å². The molecule has 1 fully saturated rings. The molecule has 0 radical (unpaired) electrons. The van der Waals surface area contributed by atoms with Crippen LogP contribution in [0.4, 0.5) is 8.78 Å². The maximum absolute atomic E-state index is 14.0. The number of nitrogens with one attached hydrogen (secondary N) is 1. The number of amides is 2. The molecule has 1 aliphatic rings. The molecule has 2 aromatic rings. The van der Waals surface area contributed by atoms with Crippen LogP contribution in [0.25, 0.3) is 0 Å². The first kappa shape index (κ1) is 19.8. The second-order valence-corrected chi connectivity index (χ2v) is 6.44. The molecule has 0 aliphatic carbocycles. The fraction of sp³-hybridized carbons (Fsp3) is 0.471. The van der Waals surface area contributed by atoms with Crippen LogP contribution >= 0.6 is 0 Å². The number of carbonyl (C=O) groups is 2. The second kappa shape index (κ2) is 8.38. The summed E-state index contributed by atoms with van der Waals surface area (Å²) in [5.41, 5.74) is 0.158. The van der Waals surface area contributed by atoms with Gasteiger partial charge in [0.15, 0.2) is 5.69 Å². The van der Waals surface area contributed by atoms with Gasteiger partial charge in [-0.15, -0.1) is 5.10 Å². The molecule has 0 aromatic carbocycles. The van der Waals surface area contributed by atoms with Gasteiger partial charge in [-0.2, -0.15) is 0 Å². The van der Waals surface area contributed by atoms with Crippen LogP contribution in [-0.2, 0) is 11.3 Å². The van der Waals surface area contributed by atoms with Gasteiger partial charge in [0.2, 0.25) is 0 Å². The average molecular weight is 394 g/mol. The lowest BCUT2D eigenvalue weighted by Crippen LogP contribution is -2.39. The molecule has 0 unspecified atom stereocenters. The minimum atomic E-state index is -3.00. The van der Waals surface area contributed by atoms with E-state index in [0.717, 1.165) is 4.90 Å². The van der Waals surface area contributed by atoms with Crippen molar-refractivity contribution in [1.82, 2.24) is 30.2 Å². The molecule has 1 N–H and O–H groups in total. The van der Waals surface area contributed by atoms with Gasteiger partial charge >= 0.3 is 0 Å². The Labute approximate surface area is 159 Å². The fourth-order valence-electron chi connectivity index (χ4n) is 3.00. The zero-order chi connectivity index (χ0) is 20.1. The molecule has 1 aliphatic heterocycles. The smallest absolute Gasteiger partial charge is 0.273 e. The van der Waals surface area contributed by atoms with E-state index in [1.807, 2.05) is 0 Å². The van der Waals surface area contributed by atoms with Crippen LogP contribution < -0.4 is 5.32 Å². The Hall–Kier alpha value is -2.95. The molecule has 3 rings (SSSR count). The number of pyridine rings is 1. The standard InChI is InChI=1S/C17H20F2N6O3/c1-28-7-6-21-15(26)14-10-24(23-22-14)9-12-8-17(18,19)11-25(12)16(27)13-4-2-3-5-20-13/h2-5,10,12H,6-9,11H2,1H3,(H,21,26)/t12-/m0/s1. The van der Waals surface area contributed by atoms with Crippen LogP contribution in [-0.4, -0.2) is 75.5 Å². The maximum atomic E-state index is 14.0. The summed E-state index contributed by atoms with van der Waals surface area (Å²) in [5.74, 6) is -4.02. The summed E-state index contributed by atoms with van der Waals surface area (Å²) in [6.07, 6.45) is 2.30. The highest BCUT2D eigenvalue weighted by Gasteiger charge is 2.47. The lowest BCUT2D eigenvalue weighted by atomic mass is 10.2. The first-order chi connectivity index (χ1) is 13.4. The molecule has 1 atom stereocenters.